The molecule has 1 heterocycles. The number of hydrogen-bond acceptors (Lipinski definition) is 4. The van der Waals surface area contributed by atoms with Crippen molar-refractivity contribution in [2.75, 3.05) is 32.7 Å². The summed E-state index contributed by atoms with van der Waals surface area (Å²) in [6.45, 7) is 2.17. The van der Waals surface area contributed by atoms with Gasteiger partial charge in [0.2, 0.25) is 15.9 Å². The van der Waals surface area contributed by atoms with Gasteiger partial charge in [0.25, 0.3) is 5.91 Å². The number of rotatable bonds is 6. The van der Waals surface area contributed by atoms with Crippen molar-refractivity contribution < 1.29 is 31.2 Å². The molecule has 1 saturated heterocycles. The molecule has 0 spiro atoms. The SMILES string of the molecule is Cc1cccc(C(=O)NCCC(=O)N2CCN(S(=O)(=O)c3cccc(C(F)(F)F)c3)CC2)c1. The second-order valence-corrected chi connectivity index (χ2v) is 9.62. The predicted octanol–water partition coefficient (Wildman–Crippen LogP) is 2.67. The van der Waals surface area contributed by atoms with Gasteiger partial charge in [-0.25, -0.2) is 8.42 Å². The molecular weight excluding hydrogens is 459 g/mol. The summed E-state index contributed by atoms with van der Waals surface area (Å²) in [5.74, 6) is -0.529. The maximum absolute atomic E-state index is 12.9. The minimum absolute atomic E-state index is 0.0278. The van der Waals surface area contributed by atoms with Gasteiger partial charge in [-0.2, -0.15) is 17.5 Å². The van der Waals surface area contributed by atoms with Crippen LogP contribution in [0.3, 0.4) is 0 Å². The lowest BCUT2D eigenvalue weighted by atomic mass is 10.1. The van der Waals surface area contributed by atoms with Crippen LogP contribution in [-0.2, 0) is 21.0 Å². The van der Waals surface area contributed by atoms with E-state index in [1.165, 1.54) is 4.90 Å². The third-order valence-electron chi connectivity index (χ3n) is 5.30. The van der Waals surface area contributed by atoms with Crippen LogP contribution in [0.4, 0.5) is 13.2 Å². The second-order valence-electron chi connectivity index (χ2n) is 7.69. The Hall–Kier alpha value is -2.92. The van der Waals surface area contributed by atoms with Gasteiger partial charge < -0.3 is 10.2 Å². The molecule has 1 N–H and O–H groups in total. The van der Waals surface area contributed by atoms with Crippen LogP contribution in [0.2, 0.25) is 0 Å². The first-order valence-electron chi connectivity index (χ1n) is 10.3. The van der Waals surface area contributed by atoms with Crippen LogP contribution in [0.1, 0.15) is 27.9 Å². The number of carbonyl (C=O) groups is 2. The highest BCUT2D eigenvalue weighted by Crippen LogP contribution is 2.31. The summed E-state index contributed by atoms with van der Waals surface area (Å²) in [5, 5.41) is 2.68. The number of aryl methyl sites for hydroxylation is 1. The average Bonchev–Trinajstić information content (AvgIpc) is 2.78. The van der Waals surface area contributed by atoms with Crippen LogP contribution < -0.4 is 5.32 Å². The predicted molar refractivity (Wildman–Crippen MR) is 115 cm³/mol. The van der Waals surface area contributed by atoms with E-state index >= 15 is 0 Å². The van der Waals surface area contributed by atoms with E-state index in [2.05, 4.69) is 5.32 Å². The van der Waals surface area contributed by atoms with Crippen molar-refractivity contribution in [1.29, 1.82) is 0 Å². The van der Waals surface area contributed by atoms with Crippen molar-refractivity contribution in [3.8, 4) is 0 Å². The zero-order valence-corrected chi connectivity index (χ0v) is 18.7. The molecule has 1 aliphatic rings. The number of alkyl halides is 3. The molecule has 0 radical (unpaired) electrons. The van der Waals surface area contributed by atoms with Gasteiger partial charge in [-0.1, -0.05) is 23.8 Å². The minimum Gasteiger partial charge on any atom is -0.352 e. The Morgan fingerprint density at radius 1 is 1.00 bits per heavy atom. The summed E-state index contributed by atoms with van der Waals surface area (Å²) < 4.78 is 65.4. The smallest absolute Gasteiger partial charge is 0.352 e. The molecule has 0 bridgehead atoms. The molecule has 2 aromatic carbocycles. The monoisotopic (exact) mass is 483 g/mol. The first-order chi connectivity index (χ1) is 15.5. The van der Waals surface area contributed by atoms with Crippen LogP contribution in [-0.4, -0.2) is 62.2 Å². The number of amides is 2. The van der Waals surface area contributed by atoms with E-state index in [9.17, 15) is 31.2 Å². The van der Waals surface area contributed by atoms with Gasteiger partial charge in [-0.3, -0.25) is 9.59 Å². The highest BCUT2D eigenvalue weighted by Gasteiger charge is 2.34. The molecule has 0 unspecified atom stereocenters. The lowest BCUT2D eigenvalue weighted by Crippen LogP contribution is -2.50. The summed E-state index contributed by atoms with van der Waals surface area (Å²) in [6.07, 6.45) is -4.59. The van der Waals surface area contributed by atoms with E-state index in [1.54, 1.807) is 18.2 Å². The Morgan fingerprint density at radius 3 is 2.30 bits per heavy atom. The Bertz CT molecular complexity index is 1130. The molecule has 1 aliphatic heterocycles. The Labute approximate surface area is 190 Å². The van der Waals surface area contributed by atoms with E-state index in [0.29, 0.717) is 11.6 Å². The van der Waals surface area contributed by atoms with Crippen molar-refractivity contribution in [2.24, 2.45) is 0 Å². The van der Waals surface area contributed by atoms with Gasteiger partial charge in [0.1, 0.15) is 0 Å². The molecule has 3 rings (SSSR count). The Morgan fingerprint density at radius 2 is 1.67 bits per heavy atom. The van der Waals surface area contributed by atoms with E-state index in [0.717, 1.165) is 28.1 Å². The fourth-order valence-electron chi connectivity index (χ4n) is 3.49. The van der Waals surface area contributed by atoms with Crippen molar-refractivity contribution in [3.05, 3.63) is 65.2 Å². The van der Waals surface area contributed by atoms with Crippen LogP contribution in [0.15, 0.2) is 53.4 Å². The topological polar surface area (TPSA) is 86.8 Å². The highest BCUT2D eigenvalue weighted by molar-refractivity contribution is 7.89. The summed E-state index contributed by atoms with van der Waals surface area (Å²) in [6, 6.07) is 10.7. The fourth-order valence-corrected chi connectivity index (χ4v) is 4.96. The van der Waals surface area contributed by atoms with Crippen LogP contribution >= 0.6 is 0 Å². The third kappa shape index (κ3) is 6.11. The number of piperazine rings is 1. The molecule has 0 saturated carbocycles. The van der Waals surface area contributed by atoms with Gasteiger partial charge >= 0.3 is 6.18 Å². The largest absolute Gasteiger partial charge is 0.416 e. The molecule has 2 amide bonds. The first-order valence-corrected chi connectivity index (χ1v) is 11.7. The number of benzene rings is 2. The van der Waals surface area contributed by atoms with Gasteiger partial charge in [0.15, 0.2) is 0 Å². The lowest BCUT2D eigenvalue weighted by Gasteiger charge is -2.34. The lowest BCUT2D eigenvalue weighted by molar-refractivity contribution is -0.137. The molecule has 2 aromatic rings. The highest BCUT2D eigenvalue weighted by atomic mass is 32.2. The van der Waals surface area contributed by atoms with Gasteiger partial charge in [0, 0.05) is 44.7 Å². The van der Waals surface area contributed by atoms with E-state index in [-0.39, 0.29) is 51.0 Å². The standard InChI is InChI=1S/C22H24F3N3O4S/c1-16-4-2-5-17(14-16)21(30)26-9-8-20(29)27-10-12-28(13-11-27)33(31,32)19-7-3-6-18(15-19)22(23,24)25/h2-7,14-15H,8-13H2,1H3,(H,26,30). The minimum atomic E-state index is -4.65. The Kier molecular flexibility index (Phi) is 7.43. The van der Waals surface area contributed by atoms with E-state index in [4.69, 9.17) is 0 Å². The van der Waals surface area contributed by atoms with Crippen molar-refractivity contribution in [3.63, 3.8) is 0 Å². The van der Waals surface area contributed by atoms with Crippen molar-refractivity contribution >= 4 is 21.8 Å². The maximum atomic E-state index is 12.9. The number of carbonyl (C=O) groups excluding carboxylic acids is 2. The number of nitrogens with zero attached hydrogens (tertiary/aromatic N) is 2. The average molecular weight is 484 g/mol. The quantitative estimate of drug-likeness (QED) is 0.685. The van der Waals surface area contributed by atoms with Gasteiger partial charge in [-0.15, -0.1) is 0 Å². The van der Waals surface area contributed by atoms with E-state index < -0.39 is 26.7 Å². The zero-order chi connectivity index (χ0) is 24.2. The second kappa shape index (κ2) is 9.92. The number of halogens is 3. The molecule has 178 valence electrons. The third-order valence-corrected chi connectivity index (χ3v) is 7.19. The van der Waals surface area contributed by atoms with Crippen molar-refractivity contribution in [1.82, 2.24) is 14.5 Å². The van der Waals surface area contributed by atoms with Crippen LogP contribution in [0, 0.1) is 6.92 Å². The number of hydrogen-bond donors (Lipinski definition) is 1. The molecule has 0 atom stereocenters. The molecule has 0 aromatic heterocycles. The summed E-state index contributed by atoms with van der Waals surface area (Å²) >= 11 is 0. The molecule has 1 fully saturated rings. The zero-order valence-electron chi connectivity index (χ0n) is 17.9. The normalized spacial score (nSPS) is 15.3. The molecule has 33 heavy (non-hydrogen) atoms. The van der Waals surface area contributed by atoms with Crippen molar-refractivity contribution in [2.45, 2.75) is 24.4 Å². The van der Waals surface area contributed by atoms with Crippen LogP contribution in [0.25, 0.3) is 0 Å². The number of nitrogens with one attached hydrogen (secondary N) is 1. The molecular formula is C22H24F3N3O4S. The van der Waals surface area contributed by atoms with Gasteiger partial charge in [0.05, 0.1) is 10.5 Å². The maximum Gasteiger partial charge on any atom is 0.416 e. The summed E-state index contributed by atoms with van der Waals surface area (Å²) in [4.78, 5) is 25.6. The number of sulfonamides is 1. The molecule has 11 heteroatoms. The Balaban J connectivity index is 1.52. The van der Waals surface area contributed by atoms with Crippen LogP contribution in [0.5, 0.6) is 0 Å². The van der Waals surface area contributed by atoms with E-state index in [1.807, 2.05) is 13.0 Å². The fraction of sp³-hybridized carbons (Fsp3) is 0.364. The molecule has 7 nitrogen and oxygen atoms in total. The van der Waals surface area contributed by atoms with Gasteiger partial charge in [-0.05, 0) is 37.3 Å². The molecule has 0 aliphatic carbocycles. The summed E-state index contributed by atoms with van der Waals surface area (Å²) in [5.41, 5.74) is 0.401. The first kappa shape index (κ1) is 24.7. The summed E-state index contributed by atoms with van der Waals surface area (Å²) in [7, 11) is -4.12.